The van der Waals surface area contributed by atoms with Crippen LogP contribution >= 0.6 is 11.3 Å². The summed E-state index contributed by atoms with van der Waals surface area (Å²) in [5.41, 5.74) is 1.83. The zero-order chi connectivity index (χ0) is 25.8. The first kappa shape index (κ1) is 24.9. The van der Waals surface area contributed by atoms with E-state index in [1.165, 1.54) is 15.9 Å². The molecule has 1 aromatic heterocycles. The fourth-order valence-electron chi connectivity index (χ4n) is 3.88. The third-order valence-corrected chi connectivity index (χ3v) is 6.45. The molecule has 0 saturated heterocycles. The van der Waals surface area contributed by atoms with E-state index in [1.807, 2.05) is 12.1 Å². The Hall–Kier alpha value is -4.18. The molecule has 3 aromatic rings. The van der Waals surface area contributed by atoms with E-state index in [4.69, 9.17) is 19.3 Å². The van der Waals surface area contributed by atoms with Gasteiger partial charge in [-0.25, -0.2) is 14.6 Å². The summed E-state index contributed by atoms with van der Waals surface area (Å²) in [7, 11) is 1.56. The van der Waals surface area contributed by atoms with Gasteiger partial charge in [0.25, 0.3) is 5.56 Å². The molecule has 1 atom stereocenters. The molecular formula is C26H24N2O7S. The number of carbonyl (C=O) groups excluding carboxylic acids is 1. The van der Waals surface area contributed by atoms with Crippen LogP contribution in [0.2, 0.25) is 0 Å². The Morgan fingerprint density at radius 2 is 1.92 bits per heavy atom. The van der Waals surface area contributed by atoms with E-state index >= 15 is 0 Å². The van der Waals surface area contributed by atoms with Crippen LogP contribution < -0.4 is 24.4 Å². The van der Waals surface area contributed by atoms with Gasteiger partial charge in [0.05, 0.1) is 35.6 Å². The number of hydrogen-bond acceptors (Lipinski definition) is 8. The molecule has 0 amide bonds. The molecule has 10 heteroatoms. The number of rotatable bonds is 8. The Balaban J connectivity index is 1.85. The number of nitrogens with zero attached hydrogens (tertiary/aromatic N) is 2. The highest BCUT2D eigenvalue weighted by Gasteiger charge is 2.33. The smallest absolute Gasteiger partial charge is 0.341 e. The maximum Gasteiger partial charge on any atom is 0.341 e. The Bertz CT molecular complexity index is 1520. The molecule has 0 radical (unpaired) electrons. The predicted octanol–water partition coefficient (Wildman–Crippen LogP) is 2.27. The number of aromatic nitrogens is 1. The molecule has 0 bridgehead atoms. The lowest BCUT2D eigenvalue weighted by molar-refractivity contribution is -0.140. The maximum atomic E-state index is 13.6. The molecule has 0 saturated carbocycles. The number of carboxylic acid groups (broad SMARTS) is 1. The minimum Gasteiger partial charge on any atom is -0.497 e. The number of fused-ring (bicyclic) bond motifs is 1. The average molecular weight is 509 g/mol. The van der Waals surface area contributed by atoms with Crippen LogP contribution in [0.3, 0.4) is 0 Å². The summed E-state index contributed by atoms with van der Waals surface area (Å²) in [6, 6.07) is 13.2. The quantitative estimate of drug-likeness (QED) is 0.464. The largest absolute Gasteiger partial charge is 0.497 e. The second-order valence-corrected chi connectivity index (χ2v) is 8.84. The van der Waals surface area contributed by atoms with Crippen molar-refractivity contribution in [3.05, 3.63) is 90.6 Å². The van der Waals surface area contributed by atoms with Gasteiger partial charge >= 0.3 is 11.9 Å². The van der Waals surface area contributed by atoms with E-state index in [9.17, 15) is 14.4 Å². The number of thiazole rings is 1. The fourth-order valence-corrected chi connectivity index (χ4v) is 4.93. The van der Waals surface area contributed by atoms with Gasteiger partial charge in [0.15, 0.2) is 11.4 Å². The number of ether oxygens (including phenoxy) is 3. The van der Waals surface area contributed by atoms with Crippen molar-refractivity contribution in [2.75, 3.05) is 20.3 Å². The Morgan fingerprint density at radius 3 is 2.58 bits per heavy atom. The molecule has 4 rings (SSSR count). The number of carbonyl (C=O) groups is 2. The maximum absolute atomic E-state index is 13.6. The standard InChI is InChI=1S/C26H24N2O7S/c1-4-34-25(32)22-15(2)27-26-28(23(22)17-8-10-18(33-3)11-9-17)24(31)20(36-26)13-16-6-5-7-19(12-16)35-14-21(29)30/h5-13,23H,4,14H2,1-3H3,(H,29,30)/b20-13-/t23-/m0/s1. The first-order valence-electron chi connectivity index (χ1n) is 11.1. The summed E-state index contributed by atoms with van der Waals surface area (Å²) in [5, 5.41) is 8.84. The summed E-state index contributed by atoms with van der Waals surface area (Å²) >= 11 is 1.20. The summed E-state index contributed by atoms with van der Waals surface area (Å²) in [4.78, 5) is 42.4. The van der Waals surface area contributed by atoms with Crippen LogP contribution in [0.15, 0.2) is 69.6 Å². The highest BCUT2D eigenvalue weighted by Crippen LogP contribution is 2.31. The molecule has 1 aliphatic heterocycles. The zero-order valence-electron chi connectivity index (χ0n) is 19.9. The van der Waals surface area contributed by atoms with Crippen molar-refractivity contribution in [2.45, 2.75) is 19.9 Å². The molecule has 0 unspecified atom stereocenters. The van der Waals surface area contributed by atoms with Crippen LogP contribution in [0.4, 0.5) is 0 Å². The van der Waals surface area contributed by atoms with E-state index in [0.29, 0.717) is 43.2 Å². The third-order valence-electron chi connectivity index (χ3n) is 5.47. The highest BCUT2D eigenvalue weighted by atomic mass is 32.1. The minimum atomic E-state index is -1.08. The van der Waals surface area contributed by atoms with E-state index in [0.717, 1.165) is 0 Å². The number of benzene rings is 2. The van der Waals surface area contributed by atoms with Gasteiger partial charge in [0.2, 0.25) is 0 Å². The fraction of sp³-hybridized carbons (Fsp3) is 0.231. The van der Waals surface area contributed by atoms with E-state index in [2.05, 4.69) is 4.99 Å². The molecule has 36 heavy (non-hydrogen) atoms. The molecule has 9 nitrogen and oxygen atoms in total. The van der Waals surface area contributed by atoms with Crippen LogP contribution in [0.25, 0.3) is 6.08 Å². The lowest BCUT2D eigenvalue weighted by atomic mass is 9.96. The van der Waals surface area contributed by atoms with E-state index in [-0.39, 0.29) is 12.2 Å². The van der Waals surface area contributed by atoms with Crippen LogP contribution in [-0.4, -0.2) is 41.9 Å². The van der Waals surface area contributed by atoms with Crippen molar-refractivity contribution in [2.24, 2.45) is 4.99 Å². The number of hydrogen-bond donors (Lipinski definition) is 1. The molecule has 2 aromatic carbocycles. The summed E-state index contributed by atoms with van der Waals surface area (Å²) in [5.74, 6) is -0.595. The lowest BCUT2D eigenvalue weighted by Gasteiger charge is -2.24. The first-order chi connectivity index (χ1) is 17.3. The molecule has 0 fully saturated rings. The Morgan fingerprint density at radius 1 is 1.17 bits per heavy atom. The van der Waals surface area contributed by atoms with Crippen LogP contribution in [0, 0.1) is 0 Å². The molecule has 0 spiro atoms. The second kappa shape index (κ2) is 10.6. The van der Waals surface area contributed by atoms with E-state index in [1.54, 1.807) is 63.4 Å². The van der Waals surface area contributed by atoms with Crippen molar-refractivity contribution in [3.8, 4) is 11.5 Å². The molecule has 2 heterocycles. The van der Waals surface area contributed by atoms with Crippen molar-refractivity contribution < 1.29 is 28.9 Å². The topological polar surface area (TPSA) is 116 Å². The van der Waals surface area contributed by atoms with Crippen LogP contribution in [0.5, 0.6) is 11.5 Å². The average Bonchev–Trinajstić information content (AvgIpc) is 3.16. The molecular weight excluding hydrogens is 484 g/mol. The van der Waals surface area contributed by atoms with E-state index < -0.39 is 24.6 Å². The summed E-state index contributed by atoms with van der Waals surface area (Å²) < 4.78 is 17.7. The SMILES string of the molecule is CCOC(=O)C1=C(C)N=c2s/c(=C\c3cccc(OCC(=O)O)c3)c(=O)n2[C@H]1c1ccc(OC)cc1. The van der Waals surface area contributed by atoms with Gasteiger partial charge in [-0.1, -0.05) is 35.6 Å². The normalized spacial score (nSPS) is 15.2. The number of esters is 1. The van der Waals surface area contributed by atoms with Crippen molar-refractivity contribution >= 4 is 29.4 Å². The van der Waals surface area contributed by atoms with Crippen molar-refractivity contribution in [1.29, 1.82) is 0 Å². The zero-order valence-corrected chi connectivity index (χ0v) is 20.7. The Labute approximate surface area is 210 Å². The van der Waals surface area contributed by atoms with Crippen molar-refractivity contribution in [1.82, 2.24) is 4.57 Å². The second-order valence-electron chi connectivity index (χ2n) is 7.83. The van der Waals surface area contributed by atoms with Crippen LogP contribution in [-0.2, 0) is 14.3 Å². The monoisotopic (exact) mass is 508 g/mol. The predicted molar refractivity (Wildman–Crippen MR) is 133 cm³/mol. The third kappa shape index (κ3) is 5.08. The van der Waals surface area contributed by atoms with Gasteiger partial charge in [-0.3, -0.25) is 9.36 Å². The van der Waals surface area contributed by atoms with Gasteiger partial charge in [0, 0.05) is 0 Å². The van der Waals surface area contributed by atoms with Gasteiger partial charge in [-0.05, 0) is 55.3 Å². The number of carboxylic acids is 1. The van der Waals surface area contributed by atoms with Crippen LogP contribution in [0.1, 0.15) is 31.0 Å². The molecule has 1 N–H and O–H groups in total. The van der Waals surface area contributed by atoms with Crippen molar-refractivity contribution in [3.63, 3.8) is 0 Å². The number of methoxy groups -OCH3 is 1. The lowest BCUT2D eigenvalue weighted by Crippen LogP contribution is -2.39. The highest BCUT2D eigenvalue weighted by molar-refractivity contribution is 7.07. The molecule has 186 valence electrons. The minimum absolute atomic E-state index is 0.190. The molecule has 1 aliphatic rings. The molecule has 0 aliphatic carbocycles. The van der Waals surface area contributed by atoms with Gasteiger partial charge < -0.3 is 19.3 Å². The van der Waals surface area contributed by atoms with Gasteiger partial charge in [0.1, 0.15) is 11.5 Å². The summed E-state index contributed by atoms with van der Waals surface area (Å²) in [6.07, 6.45) is 1.69. The van der Waals surface area contributed by atoms with Gasteiger partial charge in [-0.15, -0.1) is 0 Å². The first-order valence-corrected chi connectivity index (χ1v) is 11.9. The summed E-state index contributed by atoms with van der Waals surface area (Å²) in [6.45, 7) is 3.17. The number of allylic oxidation sites excluding steroid dienone is 1. The number of aliphatic carboxylic acids is 1. The Kier molecular flexibility index (Phi) is 7.35. The van der Waals surface area contributed by atoms with Gasteiger partial charge in [-0.2, -0.15) is 0 Å².